The molecule has 2 unspecified atom stereocenters. The molecule has 2 heterocycles. The average molecular weight is 278 g/mol. The molecule has 0 spiro atoms. The standard InChI is InChI=1S/C14H18N2O4/c1-10-5-6-11(14(19)20)8-16(10)13(18)9-15-7-3-2-4-12(15)17/h2-4,7,10-11H,5-6,8-9H2,1H3,(H,19,20). The van der Waals surface area contributed by atoms with Crippen molar-refractivity contribution in [1.82, 2.24) is 9.47 Å². The molecule has 2 atom stereocenters. The number of carboxylic acids is 1. The number of hydrogen-bond acceptors (Lipinski definition) is 3. The third-order valence-corrected chi connectivity index (χ3v) is 3.76. The lowest BCUT2D eigenvalue weighted by Gasteiger charge is -2.36. The van der Waals surface area contributed by atoms with Crippen molar-refractivity contribution in [2.24, 2.45) is 5.92 Å². The largest absolute Gasteiger partial charge is 0.481 e. The van der Waals surface area contributed by atoms with Gasteiger partial charge in [0.15, 0.2) is 0 Å². The highest BCUT2D eigenvalue weighted by molar-refractivity contribution is 5.78. The molecule has 1 N–H and O–H groups in total. The highest BCUT2D eigenvalue weighted by Gasteiger charge is 2.32. The van der Waals surface area contributed by atoms with Crippen LogP contribution >= 0.6 is 0 Å². The van der Waals surface area contributed by atoms with Crippen LogP contribution in [-0.4, -0.2) is 39.0 Å². The minimum atomic E-state index is -0.869. The van der Waals surface area contributed by atoms with Crippen molar-refractivity contribution in [1.29, 1.82) is 0 Å². The van der Waals surface area contributed by atoms with E-state index in [1.165, 1.54) is 10.6 Å². The number of carbonyl (C=O) groups is 2. The Morgan fingerprint density at radius 1 is 1.35 bits per heavy atom. The SMILES string of the molecule is CC1CCC(C(=O)O)CN1C(=O)Cn1ccccc1=O. The van der Waals surface area contributed by atoms with Gasteiger partial charge in [-0.1, -0.05) is 6.07 Å². The third kappa shape index (κ3) is 3.07. The summed E-state index contributed by atoms with van der Waals surface area (Å²) in [7, 11) is 0. The zero-order valence-electron chi connectivity index (χ0n) is 11.4. The molecule has 108 valence electrons. The van der Waals surface area contributed by atoms with E-state index in [2.05, 4.69) is 0 Å². The number of rotatable bonds is 3. The minimum absolute atomic E-state index is 0.0116. The number of likely N-dealkylation sites (tertiary alicyclic amines) is 1. The fourth-order valence-electron chi connectivity index (χ4n) is 2.48. The summed E-state index contributed by atoms with van der Waals surface area (Å²) < 4.78 is 1.33. The lowest BCUT2D eigenvalue weighted by atomic mass is 9.93. The van der Waals surface area contributed by atoms with Gasteiger partial charge >= 0.3 is 5.97 Å². The Hall–Kier alpha value is -2.11. The maximum absolute atomic E-state index is 12.3. The van der Waals surface area contributed by atoms with E-state index < -0.39 is 11.9 Å². The maximum Gasteiger partial charge on any atom is 0.308 e. The summed E-state index contributed by atoms with van der Waals surface area (Å²) in [6, 6.07) is 4.71. The topological polar surface area (TPSA) is 79.6 Å². The van der Waals surface area contributed by atoms with E-state index in [4.69, 9.17) is 5.11 Å². The van der Waals surface area contributed by atoms with E-state index in [9.17, 15) is 14.4 Å². The van der Waals surface area contributed by atoms with Gasteiger partial charge in [0.05, 0.1) is 5.92 Å². The van der Waals surface area contributed by atoms with Gasteiger partial charge in [-0.2, -0.15) is 0 Å². The number of aromatic nitrogens is 1. The molecule has 20 heavy (non-hydrogen) atoms. The van der Waals surface area contributed by atoms with E-state index >= 15 is 0 Å². The Morgan fingerprint density at radius 3 is 2.75 bits per heavy atom. The zero-order chi connectivity index (χ0) is 14.7. The Kier molecular flexibility index (Phi) is 4.22. The van der Waals surface area contributed by atoms with Gasteiger partial charge in [-0.25, -0.2) is 0 Å². The van der Waals surface area contributed by atoms with Gasteiger partial charge in [0, 0.05) is 24.8 Å². The van der Waals surface area contributed by atoms with Gasteiger partial charge in [-0.3, -0.25) is 14.4 Å². The summed E-state index contributed by atoms with van der Waals surface area (Å²) in [5, 5.41) is 9.06. The van der Waals surface area contributed by atoms with Gasteiger partial charge < -0.3 is 14.6 Å². The molecule has 1 amide bonds. The molecule has 6 nitrogen and oxygen atoms in total. The Morgan fingerprint density at radius 2 is 2.10 bits per heavy atom. The molecule has 1 aromatic heterocycles. The number of amides is 1. The maximum atomic E-state index is 12.3. The molecule has 1 aliphatic rings. The highest BCUT2D eigenvalue weighted by Crippen LogP contribution is 2.22. The van der Waals surface area contributed by atoms with Crippen LogP contribution < -0.4 is 5.56 Å². The van der Waals surface area contributed by atoms with Crippen LogP contribution in [0, 0.1) is 5.92 Å². The fraction of sp³-hybridized carbons (Fsp3) is 0.500. The summed E-state index contributed by atoms with van der Waals surface area (Å²) in [4.78, 5) is 36.5. The molecule has 1 saturated heterocycles. The van der Waals surface area contributed by atoms with Crippen LogP contribution in [0.3, 0.4) is 0 Å². The number of piperidine rings is 1. The molecule has 1 fully saturated rings. The zero-order valence-corrected chi connectivity index (χ0v) is 11.4. The number of pyridine rings is 1. The number of carboxylic acid groups (broad SMARTS) is 1. The molecular formula is C14H18N2O4. The first-order chi connectivity index (χ1) is 9.49. The van der Waals surface area contributed by atoms with Crippen molar-refractivity contribution in [2.75, 3.05) is 6.54 Å². The normalized spacial score (nSPS) is 22.6. The minimum Gasteiger partial charge on any atom is -0.481 e. The summed E-state index contributed by atoms with van der Waals surface area (Å²) >= 11 is 0. The molecule has 2 rings (SSSR count). The van der Waals surface area contributed by atoms with Crippen LogP contribution in [0.5, 0.6) is 0 Å². The lowest BCUT2D eigenvalue weighted by Crippen LogP contribution is -2.49. The summed E-state index contributed by atoms with van der Waals surface area (Å²) in [6.45, 7) is 2.08. The molecule has 1 aromatic rings. The number of carbonyl (C=O) groups excluding carboxylic acids is 1. The van der Waals surface area contributed by atoms with Crippen LogP contribution in [0.25, 0.3) is 0 Å². The molecule has 0 aromatic carbocycles. The lowest BCUT2D eigenvalue weighted by molar-refractivity contribution is -0.147. The van der Waals surface area contributed by atoms with Crippen LogP contribution in [-0.2, 0) is 16.1 Å². The van der Waals surface area contributed by atoms with Gasteiger partial charge in [-0.05, 0) is 25.8 Å². The molecule has 0 aliphatic carbocycles. The van der Waals surface area contributed by atoms with E-state index in [0.717, 1.165) is 0 Å². The number of aliphatic carboxylic acids is 1. The van der Waals surface area contributed by atoms with Crippen molar-refractivity contribution < 1.29 is 14.7 Å². The molecule has 0 radical (unpaired) electrons. The van der Waals surface area contributed by atoms with E-state index in [1.54, 1.807) is 23.2 Å². The van der Waals surface area contributed by atoms with Crippen molar-refractivity contribution >= 4 is 11.9 Å². The Labute approximate surface area is 116 Å². The predicted molar refractivity (Wildman–Crippen MR) is 72.2 cm³/mol. The number of nitrogens with zero attached hydrogens (tertiary/aromatic N) is 2. The second-order valence-corrected chi connectivity index (χ2v) is 5.17. The van der Waals surface area contributed by atoms with E-state index in [-0.39, 0.29) is 30.6 Å². The number of hydrogen-bond donors (Lipinski definition) is 1. The van der Waals surface area contributed by atoms with E-state index in [0.29, 0.717) is 12.8 Å². The Balaban J connectivity index is 2.09. The van der Waals surface area contributed by atoms with Crippen LogP contribution in [0.4, 0.5) is 0 Å². The molecule has 6 heteroatoms. The first-order valence-corrected chi connectivity index (χ1v) is 6.67. The molecule has 1 aliphatic heterocycles. The molecule has 0 bridgehead atoms. The third-order valence-electron chi connectivity index (χ3n) is 3.76. The van der Waals surface area contributed by atoms with Crippen LogP contribution in [0.1, 0.15) is 19.8 Å². The summed E-state index contributed by atoms with van der Waals surface area (Å²) in [5.74, 6) is -1.59. The van der Waals surface area contributed by atoms with Gasteiger partial charge in [0.2, 0.25) is 5.91 Å². The monoisotopic (exact) mass is 278 g/mol. The summed E-state index contributed by atoms with van der Waals surface area (Å²) in [5.41, 5.74) is -0.236. The quantitative estimate of drug-likeness (QED) is 0.876. The molecular weight excluding hydrogens is 260 g/mol. The van der Waals surface area contributed by atoms with Crippen molar-refractivity contribution in [3.05, 3.63) is 34.7 Å². The highest BCUT2D eigenvalue weighted by atomic mass is 16.4. The van der Waals surface area contributed by atoms with Crippen LogP contribution in [0.2, 0.25) is 0 Å². The van der Waals surface area contributed by atoms with E-state index in [1.807, 2.05) is 6.92 Å². The predicted octanol–water partition coefficient (Wildman–Crippen LogP) is 0.560. The molecule has 0 saturated carbocycles. The van der Waals surface area contributed by atoms with Gasteiger partial charge in [0.1, 0.15) is 6.54 Å². The van der Waals surface area contributed by atoms with Gasteiger partial charge in [-0.15, -0.1) is 0 Å². The average Bonchev–Trinajstić information content (AvgIpc) is 2.41. The second-order valence-electron chi connectivity index (χ2n) is 5.17. The van der Waals surface area contributed by atoms with Crippen molar-refractivity contribution in [3.8, 4) is 0 Å². The van der Waals surface area contributed by atoms with Crippen molar-refractivity contribution in [3.63, 3.8) is 0 Å². The van der Waals surface area contributed by atoms with Crippen molar-refractivity contribution in [2.45, 2.75) is 32.4 Å². The second kappa shape index (κ2) is 5.90. The fourth-order valence-corrected chi connectivity index (χ4v) is 2.48. The smallest absolute Gasteiger partial charge is 0.308 e. The van der Waals surface area contributed by atoms with Gasteiger partial charge in [0.25, 0.3) is 5.56 Å². The summed E-state index contributed by atoms with van der Waals surface area (Å²) in [6.07, 6.45) is 2.82. The first-order valence-electron chi connectivity index (χ1n) is 6.67. The Bertz CT molecular complexity index is 566. The first kappa shape index (κ1) is 14.3. The van der Waals surface area contributed by atoms with Crippen LogP contribution in [0.15, 0.2) is 29.2 Å².